The van der Waals surface area contributed by atoms with Gasteiger partial charge in [-0.25, -0.2) is 9.59 Å². The summed E-state index contributed by atoms with van der Waals surface area (Å²) in [6, 6.07) is 16.2. The van der Waals surface area contributed by atoms with E-state index in [0.717, 1.165) is 22.3 Å². The van der Waals surface area contributed by atoms with Crippen molar-refractivity contribution in [2.24, 2.45) is 11.8 Å². The Kier molecular flexibility index (Phi) is 9.25. The number of alkyl carbamates (subject to hydrolysis) is 1. The van der Waals surface area contributed by atoms with Gasteiger partial charge in [0.25, 0.3) is 0 Å². The quantitative estimate of drug-likeness (QED) is 0.424. The number of aliphatic carboxylic acids is 1. The molecule has 2 aromatic carbocycles. The topological polar surface area (TPSA) is 114 Å². The monoisotopic (exact) mass is 482 g/mol. The molecule has 8 heteroatoms. The Bertz CT molecular complexity index is 992. The molecule has 0 radical (unpaired) electrons. The molecule has 0 saturated carbocycles. The average molecular weight is 483 g/mol. The first kappa shape index (κ1) is 26.2. The molecule has 0 bridgehead atoms. The van der Waals surface area contributed by atoms with Crippen molar-refractivity contribution in [1.82, 2.24) is 10.6 Å². The van der Waals surface area contributed by atoms with Crippen molar-refractivity contribution in [2.75, 3.05) is 26.8 Å². The van der Waals surface area contributed by atoms with Gasteiger partial charge in [0.15, 0.2) is 6.10 Å². The van der Waals surface area contributed by atoms with Gasteiger partial charge in [-0.15, -0.1) is 0 Å². The molecule has 188 valence electrons. The Morgan fingerprint density at radius 2 is 1.57 bits per heavy atom. The number of amides is 2. The van der Waals surface area contributed by atoms with Crippen LogP contribution in [0.3, 0.4) is 0 Å². The molecular weight excluding hydrogens is 448 g/mol. The van der Waals surface area contributed by atoms with E-state index in [1.807, 2.05) is 38.1 Å². The van der Waals surface area contributed by atoms with Crippen LogP contribution in [-0.4, -0.2) is 56.0 Å². The summed E-state index contributed by atoms with van der Waals surface area (Å²) in [5.74, 6) is -1.57. The van der Waals surface area contributed by atoms with Gasteiger partial charge in [-0.1, -0.05) is 62.4 Å². The number of carbonyl (C=O) groups excluding carboxylic acids is 2. The van der Waals surface area contributed by atoms with Crippen molar-refractivity contribution >= 4 is 18.0 Å². The van der Waals surface area contributed by atoms with E-state index in [9.17, 15) is 14.4 Å². The Morgan fingerprint density at radius 1 is 0.971 bits per heavy atom. The normalized spacial score (nSPS) is 14.1. The number of methoxy groups -OCH3 is 1. The van der Waals surface area contributed by atoms with Crippen LogP contribution in [0, 0.1) is 11.8 Å². The highest BCUT2D eigenvalue weighted by Gasteiger charge is 2.29. The molecule has 0 heterocycles. The number of rotatable bonds is 12. The predicted octanol–water partition coefficient (Wildman–Crippen LogP) is 3.79. The summed E-state index contributed by atoms with van der Waals surface area (Å²) < 4.78 is 10.5. The summed E-state index contributed by atoms with van der Waals surface area (Å²) >= 11 is 0. The van der Waals surface area contributed by atoms with Gasteiger partial charge in [0, 0.05) is 32.5 Å². The van der Waals surface area contributed by atoms with Crippen LogP contribution in [0.25, 0.3) is 11.1 Å². The molecule has 0 aromatic heterocycles. The van der Waals surface area contributed by atoms with Crippen molar-refractivity contribution in [3.05, 3.63) is 59.7 Å². The minimum absolute atomic E-state index is 0.0362. The van der Waals surface area contributed by atoms with Gasteiger partial charge < -0.3 is 25.2 Å². The van der Waals surface area contributed by atoms with Gasteiger partial charge in [-0.3, -0.25) is 4.79 Å². The number of carboxylic acid groups (broad SMARTS) is 1. The Morgan fingerprint density at radius 3 is 2.11 bits per heavy atom. The molecule has 2 unspecified atom stereocenters. The summed E-state index contributed by atoms with van der Waals surface area (Å²) in [6.45, 7) is 4.50. The van der Waals surface area contributed by atoms with Gasteiger partial charge in [0.05, 0.1) is 5.92 Å². The zero-order valence-electron chi connectivity index (χ0n) is 20.5. The minimum atomic E-state index is -1.07. The van der Waals surface area contributed by atoms with Crippen LogP contribution in [-0.2, 0) is 19.1 Å². The summed E-state index contributed by atoms with van der Waals surface area (Å²) in [5.41, 5.74) is 4.58. The fourth-order valence-electron chi connectivity index (χ4n) is 4.52. The summed E-state index contributed by atoms with van der Waals surface area (Å²) in [4.78, 5) is 36.2. The maximum Gasteiger partial charge on any atom is 0.407 e. The molecular formula is C27H34N2O6. The van der Waals surface area contributed by atoms with Gasteiger partial charge in [-0.05, 0) is 34.6 Å². The van der Waals surface area contributed by atoms with Crippen LogP contribution < -0.4 is 10.6 Å². The molecule has 2 aromatic rings. The van der Waals surface area contributed by atoms with E-state index in [-0.39, 0.29) is 43.9 Å². The van der Waals surface area contributed by atoms with Crippen molar-refractivity contribution in [3.8, 4) is 11.1 Å². The summed E-state index contributed by atoms with van der Waals surface area (Å²) in [5, 5.41) is 14.5. The lowest BCUT2D eigenvalue weighted by Crippen LogP contribution is -2.41. The second kappa shape index (κ2) is 12.4. The van der Waals surface area contributed by atoms with E-state index in [0.29, 0.717) is 6.42 Å². The average Bonchev–Trinajstić information content (AvgIpc) is 3.16. The van der Waals surface area contributed by atoms with Crippen LogP contribution in [0.1, 0.15) is 43.7 Å². The number of nitrogens with one attached hydrogen (secondary N) is 2. The van der Waals surface area contributed by atoms with E-state index in [4.69, 9.17) is 14.6 Å². The first-order valence-electron chi connectivity index (χ1n) is 11.9. The SMILES string of the molecule is COC(CCNC(=O)C(CNC(=O)OCC1c2ccccc2-c2ccccc21)CC(C)C)C(=O)O. The highest BCUT2D eigenvalue weighted by Crippen LogP contribution is 2.44. The van der Waals surface area contributed by atoms with E-state index in [1.165, 1.54) is 7.11 Å². The van der Waals surface area contributed by atoms with E-state index in [2.05, 4.69) is 34.9 Å². The third kappa shape index (κ3) is 6.82. The molecule has 0 aliphatic heterocycles. The lowest BCUT2D eigenvalue weighted by molar-refractivity contribution is -0.149. The number of carboxylic acids is 1. The highest BCUT2D eigenvalue weighted by molar-refractivity contribution is 5.80. The van der Waals surface area contributed by atoms with Crippen LogP contribution in [0.2, 0.25) is 0 Å². The molecule has 0 saturated heterocycles. The maximum absolute atomic E-state index is 12.7. The van der Waals surface area contributed by atoms with Crippen LogP contribution in [0.15, 0.2) is 48.5 Å². The molecule has 35 heavy (non-hydrogen) atoms. The Labute approximate surface area is 206 Å². The second-order valence-corrected chi connectivity index (χ2v) is 9.18. The van der Waals surface area contributed by atoms with Gasteiger partial charge in [0.1, 0.15) is 6.61 Å². The molecule has 1 aliphatic rings. The number of carbonyl (C=O) groups is 3. The molecule has 0 fully saturated rings. The Hall–Kier alpha value is -3.39. The fourth-order valence-corrected chi connectivity index (χ4v) is 4.52. The van der Waals surface area contributed by atoms with E-state index < -0.39 is 24.1 Å². The number of ether oxygens (including phenoxy) is 2. The Balaban J connectivity index is 1.53. The van der Waals surface area contributed by atoms with Crippen molar-refractivity contribution < 1.29 is 29.0 Å². The number of benzene rings is 2. The summed E-state index contributed by atoms with van der Waals surface area (Å²) in [7, 11) is 1.32. The molecule has 0 spiro atoms. The van der Waals surface area contributed by atoms with Crippen molar-refractivity contribution in [3.63, 3.8) is 0 Å². The highest BCUT2D eigenvalue weighted by atomic mass is 16.5. The number of fused-ring (bicyclic) bond motifs is 3. The third-order valence-electron chi connectivity index (χ3n) is 6.23. The molecule has 3 rings (SSSR count). The lowest BCUT2D eigenvalue weighted by atomic mass is 9.96. The minimum Gasteiger partial charge on any atom is -0.479 e. The molecule has 3 N–H and O–H groups in total. The van der Waals surface area contributed by atoms with Crippen LogP contribution in [0.4, 0.5) is 4.79 Å². The van der Waals surface area contributed by atoms with Crippen LogP contribution >= 0.6 is 0 Å². The molecule has 2 amide bonds. The fraction of sp³-hybridized carbons (Fsp3) is 0.444. The van der Waals surface area contributed by atoms with Gasteiger partial charge >= 0.3 is 12.1 Å². The summed E-state index contributed by atoms with van der Waals surface area (Å²) in [6.07, 6.45) is -0.815. The number of hydrogen-bond acceptors (Lipinski definition) is 5. The maximum atomic E-state index is 12.7. The molecule has 2 atom stereocenters. The smallest absolute Gasteiger partial charge is 0.407 e. The zero-order valence-corrected chi connectivity index (χ0v) is 20.5. The lowest BCUT2D eigenvalue weighted by Gasteiger charge is -2.20. The van der Waals surface area contributed by atoms with Crippen molar-refractivity contribution in [1.29, 1.82) is 0 Å². The second-order valence-electron chi connectivity index (χ2n) is 9.18. The standard InChI is InChI=1S/C27H34N2O6/c1-17(2)14-18(25(30)28-13-12-24(34-3)26(31)32)15-29-27(33)35-16-23-21-10-6-4-8-19(21)20-9-5-7-11-22(20)23/h4-11,17-18,23-24H,12-16H2,1-3H3,(H,28,30)(H,29,33)(H,31,32). The molecule has 8 nitrogen and oxygen atoms in total. The van der Waals surface area contributed by atoms with E-state index >= 15 is 0 Å². The number of hydrogen-bond donors (Lipinski definition) is 3. The first-order chi connectivity index (χ1) is 16.8. The predicted molar refractivity (Wildman–Crippen MR) is 132 cm³/mol. The first-order valence-corrected chi connectivity index (χ1v) is 11.9. The third-order valence-corrected chi connectivity index (χ3v) is 6.23. The molecule has 1 aliphatic carbocycles. The zero-order chi connectivity index (χ0) is 25.4. The van der Waals surface area contributed by atoms with Crippen molar-refractivity contribution in [2.45, 2.75) is 38.7 Å². The van der Waals surface area contributed by atoms with Gasteiger partial charge in [-0.2, -0.15) is 0 Å². The van der Waals surface area contributed by atoms with Gasteiger partial charge in [0.2, 0.25) is 5.91 Å². The van der Waals surface area contributed by atoms with Crippen LogP contribution in [0.5, 0.6) is 0 Å². The van der Waals surface area contributed by atoms with E-state index in [1.54, 1.807) is 0 Å². The largest absolute Gasteiger partial charge is 0.479 e.